The molecular formula is C11H10BrNO2. The highest BCUT2D eigenvalue weighted by Crippen LogP contribution is 2.40. The number of hydrogen-bond donors (Lipinski definition) is 0. The van der Waals surface area contributed by atoms with Crippen LogP contribution in [0.4, 0.5) is 0 Å². The van der Waals surface area contributed by atoms with E-state index >= 15 is 0 Å². The smallest absolute Gasteiger partial charge is 0.144 e. The van der Waals surface area contributed by atoms with Crippen molar-refractivity contribution in [2.45, 2.75) is 0 Å². The molecule has 0 aliphatic rings. The molecule has 1 heterocycles. The van der Waals surface area contributed by atoms with Crippen molar-refractivity contribution in [3.63, 3.8) is 0 Å². The summed E-state index contributed by atoms with van der Waals surface area (Å²) in [6, 6.07) is 3.84. The fourth-order valence-electron chi connectivity index (χ4n) is 1.51. The Morgan fingerprint density at radius 3 is 2.73 bits per heavy atom. The number of methoxy groups -OCH3 is 2. The first-order chi connectivity index (χ1) is 7.27. The Kier molecular flexibility index (Phi) is 2.77. The minimum absolute atomic E-state index is 0.743. The summed E-state index contributed by atoms with van der Waals surface area (Å²) in [5, 5.41) is 2.01. The number of pyridine rings is 1. The standard InChI is InChI=1S/C11H10BrNO2/c1-14-9-5-7-6-13-4-3-8(7)11(15-2)10(9)12/h3-6H,1-2H3. The van der Waals surface area contributed by atoms with Crippen LogP contribution in [-0.2, 0) is 0 Å². The van der Waals surface area contributed by atoms with Gasteiger partial charge in [0.05, 0.1) is 14.2 Å². The SMILES string of the molecule is COc1cc2cnccc2c(OC)c1Br. The largest absolute Gasteiger partial charge is 0.495 e. The average molecular weight is 268 g/mol. The summed E-state index contributed by atoms with van der Waals surface area (Å²) in [6.45, 7) is 0. The van der Waals surface area contributed by atoms with Crippen molar-refractivity contribution in [3.8, 4) is 11.5 Å². The van der Waals surface area contributed by atoms with E-state index in [1.54, 1.807) is 26.6 Å². The van der Waals surface area contributed by atoms with Crippen molar-refractivity contribution in [1.82, 2.24) is 4.98 Å². The molecule has 3 nitrogen and oxygen atoms in total. The van der Waals surface area contributed by atoms with Gasteiger partial charge in [-0.05, 0) is 28.1 Å². The topological polar surface area (TPSA) is 31.4 Å². The molecule has 0 radical (unpaired) electrons. The Morgan fingerprint density at radius 2 is 2.07 bits per heavy atom. The van der Waals surface area contributed by atoms with Crippen LogP contribution in [-0.4, -0.2) is 19.2 Å². The molecule has 2 rings (SSSR count). The summed E-state index contributed by atoms with van der Waals surface area (Å²) < 4.78 is 11.4. The van der Waals surface area contributed by atoms with Gasteiger partial charge in [-0.3, -0.25) is 4.98 Å². The second kappa shape index (κ2) is 4.06. The number of hydrogen-bond acceptors (Lipinski definition) is 3. The predicted octanol–water partition coefficient (Wildman–Crippen LogP) is 3.01. The van der Waals surface area contributed by atoms with Gasteiger partial charge in [0.2, 0.25) is 0 Å². The van der Waals surface area contributed by atoms with E-state index in [9.17, 15) is 0 Å². The van der Waals surface area contributed by atoms with Crippen molar-refractivity contribution < 1.29 is 9.47 Å². The first-order valence-electron chi connectivity index (χ1n) is 4.42. The van der Waals surface area contributed by atoms with Crippen molar-refractivity contribution >= 4 is 26.7 Å². The maximum absolute atomic E-state index is 5.35. The van der Waals surface area contributed by atoms with E-state index in [4.69, 9.17) is 9.47 Å². The summed E-state index contributed by atoms with van der Waals surface area (Å²) in [6.07, 6.45) is 3.52. The maximum atomic E-state index is 5.35. The molecule has 78 valence electrons. The van der Waals surface area contributed by atoms with E-state index in [-0.39, 0.29) is 0 Å². The van der Waals surface area contributed by atoms with E-state index in [0.29, 0.717) is 0 Å². The first kappa shape index (κ1) is 10.2. The van der Waals surface area contributed by atoms with Crippen LogP contribution in [0.5, 0.6) is 11.5 Å². The van der Waals surface area contributed by atoms with Gasteiger partial charge in [-0.15, -0.1) is 0 Å². The molecule has 0 aliphatic heterocycles. The summed E-state index contributed by atoms with van der Waals surface area (Å²) in [4.78, 5) is 4.07. The molecule has 0 atom stereocenters. The lowest BCUT2D eigenvalue weighted by Crippen LogP contribution is -1.91. The van der Waals surface area contributed by atoms with Crippen LogP contribution in [0.25, 0.3) is 10.8 Å². The Bertz CT molecular complexity index is 499. The van der Waals surface area contributed by atoms with Gasteiger partial charge in [-0.2, -0.15) is 0 Å². The van der Waals surface area contributed by atoms with Gasteiger partial charge in [0, 0.05) is 23.2 Å². The highest BCUT2D eigenvalue weighted by Gasteiger charge is 2.11. The molecular weight excluding hydrogens is 258 g/mol. The molecule has 1 aromatic carbocycles. The van der Waals surface area contributed by atoms with E-state index in [1.165, 1.54) is 0 Å². The molecule has 15 heavy (non-hydrogen) atoms. The van der Waals surface area contributed by atoms with Crippen LogP contribution in [0, 0.1) is 0 Å². The zero-order chi connectivity index (χ0) is 10.8. The summed E-state index contributed by atoms with van der Waals surface area (Å²) in [5.74, 6) is 1.51. The molecule has 2 aromatic rings. The fraction of sp³-hybridized carbons (Fsp3) is 0.182. The van der Waals surface area contributed by atoms with Gasteiger partial charge in [0.15, 0.2) is 0 Å². The highest BCUT2D eigenvalue weighted by atomic mass is 79.9. The van der Waals surface area contributed by atoms with Crippen molar-refractivity contribution in [3.05, 3.63) is 29.0 Å². The molecule has 0 bridgehead atoms. The van der Waals surface area contributed by atoms with Gasteiger partial charge in [-0.25, -0.2) is 0 Å². The fourth-order valence-corrected chi connectivity index (χ4v) is 2.16. The quantitative estimate of drug-likeness (QED) is 0.838. The Hall–Kier alpha value is -1.29. The average Bonchev–Trinajstić information content (AvgIpc) is 2.28. The van der Waals surface area contributed by atoms with Crippen molar-refractivity contribution in [2.75, 3.05) is 14.2 Å². The molecule has 1 aromatic heterocycles. The van der Waals surface area contributed by atoms with E-state index in [2.05, 4.69) is 20.9 Å². The number of aromatic nitrogens is 1. The van der Waals surface area contributed by atoms with Crippen LogP contribution < -0.4 is 9.47 Å². The van der Waals surface area contributed by atoms with Gasteiger partial charge >= 0.3 is 0 Å². The number of nitrogens with zero attached hydrogens (tertiary/aromatic N) is 1. The molecule has 0 saturated carbocycles. The lowest BCUT2D eigenvalue weighted by Gasteiger charge is -2.11. The minimum atomic E-state index is 0.743. The molecule has 0 N–H and O–H groups in total. The van der Waals surface area contributed by atoms with Crippen LogP contribution in [0.15, 0.2) is 29.0 Å². The lowest BCUT2D eigenvalue weighted by atomic mass is 10.1. The normalized spacial score (nSPS) is 10.3. The number of halogens is 1. The molecule has 0 amide bonds. The van der Waals surface area contributed by atoms with Gasteiger partial charge in [0.1, 0.15) is 16.0 Å². The van der Waals surface area contributed by atoms with E-state index < -0.39 is 0 Å². The van der Waals surface area contributed by atoms with Gasteiger partial charge in [-0.1, -0.05) is 0 Å². The number of fused-ring (bicyclic) bond motifs is 1. The molecule has 0 fully saturated rings. The molecule has 0 saturated heterocycles. The molecule has 0 aliphatic carbocycles. The number of ether oxygens (including phenoxy) is 2. The second-order valence-electron chi connectivity index (χ2n) is 3.02. The third-order valence-corrected chi connectivity index (χ3v) is 2.97. The summed E-state index contributed by atoms with van der Waals surface area (Å²) in [7, 11) is 3.27. The number of benzene rings is 1. The summed E-state index contributed by atoms with van der Waals surface area (Å²) in [5.41, 5.74) is 0. The minimum Gasteiger partial charge on any atom is -0.495 e. The van der Waals surface area contributed by atoms with Crippen LogP contribution in [0.2, 0.25) is 0 Å². The summed E-state index contributed by atoms with van der Waals surface area (Å²) >= 11 is 3.45. The second-order valence-corrected chi connectivity index (χ2v) is 3.82. The molecule has 0 spiro atoms. The van der Waals surface area contributed by atoms with Crippen LogP contribution in [0.3, 0.4) is 0 Å². The predicted molar refractivity (Wildman–Crippen MR) is 62.5 cm³/mol. The number of rotatable bonds is 2. The molecule has 0 unspecified atom stereocenters. The van der Waals surface area contributed by atoms with Crippen LogP contribution >= 0.6 is 15.9 Å². The third kappa shape index (κ3) is 1.65. The van der Waals surface area contributed by atoms with Crippen LogP contribution in [0.1, 0.15) is 0 Å². The van der Waals surface area contributed by atoms with Gasteiger partial charge in [0.25, 0.3) is 0 Å². The Balaban J connectivity index is 2.83. The maximum Gasteiger partial charge on any atom is 0.144 e. The van der Waals surface area contributed by atoms with Crippen molar-refractivity contribution in [1.29, 1.82) is 0 Å². The Labute approximate surface area is 96.2 Å². The van der Waals surface area contributed by atoms with E-state index in [1.807, 2.05) is 12.1 Å². The third-order valence-electron chi connectivity index (χ3n) is 2.22. The first-order valence-corrected chi connectivity index (χ1v) is 5.21. The van der Waals surface area contributed by atoms with E-state index in [0.717, 1.165) is 26.7 Å². The van der Waals surface area contributed by atoms with Gasteiger partial charge < -0.3 is 9.47 Å². The zero-order valence-electron chi connectivity index (χ0n) is 8.45. The Morgan fingerprint density at radius 1 is 1.27 bits per heavy atom. The lowest BCUT2D eigenvalue weighted by molar-refractivity contribution is 0.393. The molecule has 4 heteroatoms. The highest BCUT2D eigenvalue weighted by molar-refractivity contribution is 9.10. The zero-order valence-corrected chi connectivity index (χ0v) is 10.0. The monoisotopic (exact) mass is 267 g/mol. The van der Waals surface area contributed by atoms with Crippen molar-refractivity contribution in [2.24, 2.45) is 0 Å².